The van der Waals surface area contributed by atoms with Gasteiger partial charge in [0.25, 0.3) is 0 Å². The number of likely N-dealkylation sites (tertiary alicyclic amines) is 1. The van der Waals surface area contributed by atoms with E-state index in [-0.39, 0.29) is 11.8 Å². The molecule has 1 aliphatic heterocycles. The van der Waals surface area contributed by atoms with Gasteiger partial charge in [0.05, 0.1) is 5.92 Å². The van der Waals surface area contributed by atoms with Gasteiger partial charge in [-0.1, -0.05) is 30.3 Å². The zero-order valence-corrected chi connectivity index (χ0v) is 11.5. The third-order valence-electron chi connectivity index (χ3n) is 3.88. The maximum atomic E-state index is 12.6. The minimum atomic E-state index is -0.211. The van der Waals surface area contributed by atoms with Crippen LogP contribution in [0.1, 0.15) is 24.3 Å². The standard InChI is InChI=1S/C15H23N3O/c1-17-13-8-5-9-18(11-13)15(19)14(10-16)12-6-3-2-4-7-12/h2-4,6-7,13-14,17H,5,8-11,16H2,1H3/t13-,14-/m1/s1. The Labute approximate surface area is 115 Å². The van der Waals surface area contributed by atoms with Gasteiger partial charge < -0.3 is 16.0 Å². The monoisotopic (exact) mass is 261 g/mol. The molecule has 1 heterocycles. The van der Waals surface area contributed by atoms with Crippen LogP contribution in [0.15, 0.2) is 30.3 Å². The van der Waals surface area contributed by atoms with Crippen molar-refractivity contribution in [3.63, 3.8) is 0 Å². The van der Waals surface area contributed by atoms with Gasteiger partial charge in [-0.3, -0.25) is 4.79 Å². The summed E-state index contributed by atoms with van der Waals surface area (Å²) in [6, 6.07) is 10.2. The van der Waals surface area contributed by atoms with Gasteiger partial charge in [-0.25, -0.2) is 0 Å². The zero-order valence-electron chi connectivity index (χ0n) is 11.5. The Morgan fingerprint density at radius 3 is 2.84 bits per heavy atom. The number of piperidine rings is 1. The van der Waals surface area contributed by atoms with Crippen LogP contribution in [-0.2, 0) is 4.79 Å². The quantitative estimate of drug-likeness (QED) is 0.848. The molecule has 0 aromatic heterocycles. The van der Waals surface area contributed by atoms with E-state index in [9.17, 15) is 4.79 Å². The highest BCUT2D eigenvalue weighted by atomic mass is 16.2. The summed E-state index contributed by atoms with van der Waals surface area (Å²) in [5.74, 6) is -0.0505. The predicted molar refractivity (Wildman–Crippen MR) is 76.9 cm³/mol. The smallest absolute Gasteiger partial charge is 0.231 e. The molecule has 1 aliphatic rings. The second-order valence-corrected chi connectivity index (χ2v) is 5.11. The van der Waals surface area contributed by atoms with Gasteiger partial charge in [0.1, 0.15) is 0 Å². The van der Waals surface area contributed by atoms with Crippen molar-refractivity contribution in [3.05, 3.63) is 35.9 Å². The van der Waals surface area contributed by atoms with Gasteiger partial charge >= 0.3 is 0 Å². The lowest BCUT2D eigenvalue weighted by atomic mass is 9.96. The van der Waals surface area contributed by atoms with E-state index in [0.29, 0.717) is 12.6 Å². The lowest BCUT2D eigenvalue weighted by Gasteiger charge is -2.34. The summed E-state index contributed by atoms with van der Waals surface area (Å²) in [5, 5.41) is 3.26. The summed E-state index contributed by atoms with van der Waals surface area (Å²) in [5.41, 5.74) is 6.83. The fourth-order valence-corrected chi connectivity index (χ4v) is 2.70. The van der Waals surface area contributed by atoms with Gasteiger partial charge in [0.15, 0.2) is 0 Å². The summed E-state index contributed by atoms with van der Waals surface area (Å²) >= 11 is 0. The van der Waals surface area contributed by atoms with Crippen molar-refractivity contribution in [3.8, 4) is 0 Å². The average molecular weight is 261 g/mol. The van der Waals surface area contributed by atoms with Gasteiger partial charge in [-0.05, 0) is 25.5 Å². The largest absolute Gasteiger partial charge is 0.341 e. The molecule has 3 N–H and O–H groups in total. The molecule has 2 rings (SSSR count). The minimum absolute atomic E-state index is 0.161. The van der Waals surface area contributed by atoms with Crippen LogP contribution in [-0.4, -0.2) is 43.5 Å². The molecule has 0 aliphatic carbocycles. The number of rotatable bonds is 4. The highest BCUT2D eigenvalue weighted by Crippen LogP contribution is 2.20. The Morgan fingerprint density at radius 1 is 1.47 bits per heavy atom. The number of carbonyl (C=O) groups is 1. The van der Waals surface area contributed by atoms with Crippen molar-refractivity contribution in [1.29, 1.82) is 0 Å². The van der Waals surface area contributed by atoms with Crippen LogP contribution in [0.3, 0.4) is 0 Å². The third-order valence-corrected chi connectivity index (χ3v) is 3.88. The first kappa shape index (κ1) is 14.0. The first-order valence-corrected chi connectivity index (χ1v) is 6.97. The van der Waals surface area contributed by atoms with E-state index in [2.05, 4.69) is 5.32 Å². The number of likely N-dealkylation sites (N-methyl/N-ethyl adjacent to an activating group) is 1. The predicted octanol–water partition coefficient (Wildman–Crippen LogP) is 0.939. The fourth-order valence-electron chi connectivity index (χ4n) is 2.70. The van der Waals surface area contributed by atoms with Crippen LogP contribution in [0.2, 0.25) is 0 Å². The molecule has 1 saturated heterocycles. The molecule has 1 aromatic carbocycles. The van der Waals surface area contributed by atoms with Crippen LogP contribution in [0.5, 0.6) is 0 Å². The SMILES string of the molecule is CN[C@@H]1CCCN(C(=O)[C@H](CN)c2ccccc2)C1. The highest BCUT2D eigenvalue weighted by molar-refractivity contribution is 5.84. The molecule has 104 valence electrons. The molecule has 1 aromatic rings. The van der Waals surface area contributed by atoms with Crippen LogP contribution in [0, 0.1) is 0 Å². The molecule has 4 heteroatoms. The van der Waals surface area contributed by atoms with Gasteiger partial charge in [-0.15, -0.1) is 0 Å². The molecule has 4 nitrogen and oxygen atoms in total. The van der Waals surface area contributed by atoms with E-state index < -0.39 is 0 Å². The first-order valence-electron chi connectivity index (χ1n) is 6.97. The molecule has 1 fully saturated rings. The van der Waals surface area contributed by atoms with Crippen molar-refractivity contribution < 1.29 is 4.79 Å². The summed E-state index contributed by atoms with van der Waals surface area (Å²) in [4.78, 5) is 14.6. The van der Waals surface area contributed by atoms with Gasteiger partial charge in [0, 0.05) is 25.7 Å². The third kappa shape index (κ3) is 3.33. The van der Waals surface area contributed by atoms with E-state index in [1.54, 1.807) is 0 Å². The maximum Gasteiger partial charge on any atom is 0.231 e. The Morgan fingerprint density at radius 2 is 2.21 bits per heavy atom. The number of benzene rings is 1. The molecule has 0 unspecified atom stereocenters. The Kier molecular flexibility index (Phi) is 4.93. The molecule has 0 radical (unpaired) electrons. The Bertz CT molecular complexity index is 407. The van der Waals surface area contributed by atoms with Crippen molar-refractivity contribution in [2.45, 2.75) is 24.8 Å². The van der Waals surface area contributed by atoms with E-state index in [1.165, 1.54) is 0 Å². The molecule has 0 saturated carbocycles. The van der Waals surface area contributed by atoms with Crippen LogP contribution in [0.25, 0.3) is 0 Å². The van der Waals surface area contributed by atoms with Crippen molar-refractivity contribution >= 4 is 5.91 Å². The zero-order chi connectivity index (χ0) is 13.7. The summed E-state index contributed by atoms with van der Waals surface area (Å²) in [7, 11) is 1.95. The molecule has 0 bridgehead atoms. The number of hydrogen-bond acceptors (Lipinski definition) is 3. The van der Waals surface area contributed by atoms with E-state index >= 15 is 0 Å². The number of hydrogen-bond donors (Lipinski definition) is 2. The maximum absolute atomic E-state index is 12.6. The molecule has 2 atom stereocenters. The molecular formula is C15H23N3O. The van der Waals surface area contributed by atoms with Gasteiger partial charge in [-0.2, -0.15) is 0 Å². The summed E-state index contributed by atoms with van der Waals surface area (Å²) < 4.78 is 0. The van der Waals surface area contributed by atoms with E-state index in [0.717, 1.165) is 31.5 Å². The first-order chi connectivity index (χ1) is 9.26. The number of nitrogens with zero attached hydrogens (tertiary/aromatic N) is 1. The number of nitrogens with one attached hydrogen (secondary N) is 1. The Hall–Kier alpha value is -1.39. The molecular weight excluding hydrogens is 238 g/mol. The molecule has 0 spiro atoms. The summed E-state index contributed by atoms with van der Waals surface area (Å²) in [6.45, 7) is 2.00. The lowest BCUT2D eigenvalue weighted by molar-refractivity contribution is -0.133. The molecule has 1 amide bonds. The second kappa shape index (κ2) is 6.68. The average Bonchev–Trinajstić information content (AvgIpc) is 2.49. The van der Waals surface area contributed by atoms with Crippen molar-refractivity contribution in [2.24, 2.45) is 5.73 Å². The van der Waals surface area contributed by atoms with E-state index in [1.807, 2.05) is 42.3 Å². The summed E-state index contributed by atoms with van der Waals surface area (Å²) in [6.07, 6.45) is 2.20. The topological polar surface area (TPSA) is 58.4 Å². The molecule has 19 heavy (non-hydrogen) atoms. The van der Waals surface area contributed by atoms with Crippen LogP contribution < -0.4 is 11.1 Å². The van der Waals surface area contributed by atoms with E-state index in [4.69, 9.17) is 5.73 Å². The van der Waals surface area contributed by atoms with Crippen LogP contribution >= 0.6 is 0 Å². The second-order valence-electron chi connectivity index (χ2n) is 5.11. The number of nitrogens with two attached hydrogens (primary N) is 1. The van der Waals surface area contributed by atoms with Gasteiger partial charge in [0.2, 0.25) is 5.91 Å². The normalized spacial score (nSPS) is 21.2. The van der Waals surface area contributed by atoms with Crippen LogP contribution in [0.4, 0.5) is 0 Å². The lowest BCUT2D eigenvalue weighted by Crippen LogP contribution is -2.49. The van der Waals surface area contributed by atoms with Crippen molar-refractivity contribution in [1.82, 2.24) is 10.2 Å². The fraction of sp³-hybridized carbons (Fsp3) is 0.533. The van der Waals surface area contributed by atoms with Crippen molar-refractivity contribution in [2.75, 3.05) is 26.7 Å². The minimum Gasteiger partial charge on any atom is -0.341 e. The highest BCUT2D eigenvalue weighted by Gasteiger charge is 2.28. The number of amides is 1. The Balaban J connectivity index is 2.08. The number of carbonyl (C=O) groups excluding carboxylic acids is 1.